The summed E-state index contributed by atoms with van der Waals surface area (Å²) >= 11 is 3.47. The second-order valence-electron chi connectivity index (χ2n) is 4.93. The van der Waals surface area contributed by atoms with E-state index < -0.39 is 0 Å². The van der Waals surface area contributed by atoms with Crippen molar-refractivity contribution in [3.05, 3.63) is 52.9 Å². The topological polar surface area (TPSA) is 29.3 Å². The molecule has 19 heavy (non-hydrogen) atoms. The maximum absolute atomic E-state index is 5.38. The molecule has 1 aromatic heterocycles. The van der Waals surface area contributed by atoms with Gasteiger partial charge in [0.2, 0.25) is 0 Å². The van der Waals surface area contributed by atoms with Crippen molar-refractivity contribution in [3.63, 3.8) is 0 Å². The summed E-state index contributed by atoms with van der Waals surface area (Å²) in [7, 11) is 0. The zero-order valence-electron chi connectivity index (χ0n) is 10.8. The smallest absolute Gasteiger partial charge is 0.142 e. The third kappa shape index (κ3) is 2.90. The Balaban J connectivity index is 1.62. The molecule has 3 rings (SSSR count). The fraction of sp³-hybridized carbons (Fsp3) is 0.400. The molecule has 1 aromatic carbocycles. The average Bonchev–Trinajstić information content (AvgIpc) is 2.88. The highest BCUT2D eigenvalue weighted by molar-refractivity contribution is 9.08. The van der Waals surface area contributed by atoms with E-state index in [1.807, 2.05) is 0 Å². The first-order chi connectivity index (χ1) is 9.36. The fourth-order valence-electron chi connectivity index (χ4n) is 2.55. The molecule has 1 aliphatic rings. The molecule has 4 heteroatoms. The number of hydrogen-bond acceptors (Lipinski definition) is 3. The number of aromatic nitrogens is 1. The number of alkyl halides is 1. The zero-order valence-corrected chi connectivity index (χ0v) is 12.4. The van der Waals surface area contributed by atoms with Gasteiger partial charge in [-0.3, -0.25) is 4.90 Å². The van der Waals surface area contributed by atoms with Crippen molar-refractivity contribution in [2.75, 3.05) is 13.1 Å². The van der Waals surface area contributed by atoms with E-state index in [2.05, 4.69) is 56.3 Å². The van der Waals surface area contributed by atoms with Gasteiger partial charge in [0, 0.05) is 36.9 Å². The Morgan fingerprint density at radius 1 is 1.26 bits per heavy atom. The van der Waals surface area contributed by atoms with Crippen LogP contribution in [0.25, 0.3) is 0 Å². The molecule has 0 fully saturated rings. The molecule has 100 valence electrons. The monoisotopic (exact) mass is 320 g/mol. The van der Waals surface area contributed by atoms with Crippen molar-refractivity contribution in [1.29, 1.82) is 0 Å². The Hall–Kier alpha value is -1.13. The van der Waals surface area contributed by atoms with Crippen LogP contribution in [0.4, 0.5) is 0 Å². The Morgan fingerprint density at radius 3 is 2.89 bits per heavy atom. The van der Waals surface area contributed by atoms with Crippen molar-refractivity contribution in [3.8, 4) is 0 Å². The highest BCUT2D eigenvalue weighted by Gasteiger charge is 2.23. The lowest BCUT2D eigenvalue weighted by Crippen LogP contribution is -2.32. The van der Waals surface area contributed by atoms with Crippen molar-refractivity contribution >= 4 is 15.9 Å². The van der Waals surface area contributed by atoms with E-state index in [0.29, 0.717) is 0 Å². The molecule has 0 saturated carbocycles. The lowest BCUT2D eigenvalue weighted by molar-refractivity contribution is 0.239. The number of benzene rings is 1. The molecule has 0 spiro atoms. The largest absolute Gasteiger partial charge is 0.361 e. The van der Waals surface area contributed by atoms with Crippen LogP contribution in [0.3, 0.4) is 0 Å². The van der Waals surface area contributed by atoms with Crippen molar-refractivity contribution in [2.24, 2.45) is 0 Å². The molecule has 0 bridgehead atoms. The maximum atomic E-state index is 5.38. The Morgan fingerprint density at radius 2 is 2.11 bits per heavy atom. The fourth-order valence-corrected chi connectivity index (χ4v) is 2.99. The molecule has 0 atom stereocenters. The molecule has 2 heterocycles. The Labute approximate surface area is 121 Å². The van der Waals surface area contributed by atoms with Gasteiger partial charge in [-0.1, -0.05) is 51.4 Å². The lowest BCUT2D eigenvalue weighted by Gasteiger charge is -2.25. The number of hydrogen-bond donors (Lipinski definition) is 0. The molecule has 0 aliphatic carbocycles. The van der Waals surface area contributed by atoms with Gasteiger partial charge in [-0.15, -0.1) is 0 Å². The highest BCUT2D eigenvalue weighted by Crippen LogP contribution is 2.23. The van der Waals surface area contributed by atoms with Crippen LogP contribution in [-0.4, -0.2) is 23.1 Å². The van der Waals surface area contributed by atoms with Gasteiger partial charge >= 0.3 is 0 Å². The van der Waals surface area contributed by atoms with Crippen LogP contribution in [0, 0.1) is 0 Å². The number of halogens is 1. The lowest BCUT2D eigenvalue weighted by atomic mass is 10.1. The molecule has 2 aromatic rings. The van der Waals surface area contributed by atoms with Gasteiger partial charge < -0.3 is 4.52 Å². The maximum Gasteiger partial charge on any atom is 0.142 e. The van der Waals surface area contributed by atoms with E-state index in [-0.39, 0.29) is 0 Å². The van der Waals surface area contributed by atoms with Gasteiger partial charge in [-0.25, -0.2) is 0 Å². The molecule has 0 radical (unpaired) electrons. The van der Waals surface area contributed by atoms with Crippen LogP contribution in [0.1, 0.15) is 22.6 Å². The predicted molar refractivity (Wildman–Crippen MR) is 78.3 cm³/mol. The van der Waals surface area contributed by atoms with E-state index in [1.165, 1.54) is 11.1 Å². The quantitative estimate of drug-likeness (QED) is 0.810. The molecular formula is C15H17BrN2O. The first-order valence-electron chi connectivity index (χ1n) is 6.65. The minimum atomic E-state index is 0.776. The van der Waals surface area contributed by atoms with Crippen LogP contribution < -0.4 is 0 Å². The molecule has 0 N–H and O–H groups in total. The summed E-state index contributed by atoms with van der Waals surface area (Å²) < 4.78 is 5.38. The van der Waals surface area contributed by atoms with Crippen LogP contribution in [0.15, 0.2) is 34.9 Å². The third-order valence-electron chi connectivity index (χ3n) is 3.67. The van der Waals surface area contributed by atoms with E-state index >= 15 is 0 Å². The van der Waals surface area contributed by atoms with Crippen LogP contribution in [0.5, 0.6) is 0 Å². The van der Waals surface area contributed by atoms with Crippen LogP contribution in [-0.2, 0) is 24.7 Å². The summed E-state index contributed by atoms with van der Waals surface area (Å²) in [5.74, 6) is 1.07. The highest BCUT2D eigenvalue weighted by atomic mass is 79.9. The molecule has 0 unspecified atom stereocenters. The summed E-state index contributed by atoms with van der Waals surface area (Å²) in [6.07, 6.45) is 2.08. The summed E-state index contributed by atoms with van der Waals surface area (Å²) in [4.78, 5) is 2.48. The van der Waals surface area contributed by atoms with Crippen molar-refractivity contribution in [2.45, 2.75) is 24.7 Å². The first-order valence-corrected chi connectivity index (χ1v) is 7.77. The SMILES string of the molecule is BrCc1noc2c1CN(CCc1ccccc1)CC2. The van der Waals surface area contributed by atoms with Crippen molar-refractivity contribution < 1.29 is 4.52 Å². The van der Waals surface area contributed by atoms with E-state index in [1.54, 1.807) is 0 Å². The van der Waals surface area contributed by atoms with Gasteiger partial charge in [0.1, 0.15) is 5.76 Å². The van der Waals surface area contributed by atoms with Crippen LogP contribution >= 0.6 is 15.9 Å². The van der Waals surface area contributed by atoms with Crippen molar-refractivity contribution in [1.82, 2.24) is 10.1 Å². The minimum absolute atomic E-state index is 0.776. The minimum Gasteiger partial charge on any atom is -0.361 e. The standard InChI is InChI=1S/C15H17BrN2O/c16-10-14-13-11-18(9-7-15(13)19-17-14)8-6-12-4-2-1-3-5-12/h1-5H,6-11H2. The second kappa shape index (κ2) is 5.88. The molecule has 1 aliphatic heterocycles. The van der Waals surface area contributed by atoms with Gasteiger partial charge in [0.25, 0.3) is 0 Å². The predicted octanol–water partition coefficient (Wildman–Crippen LogP) is 3.17. The zero-order chi connectivity index (χ0) is 13.1. The van der Waals surface area contributed by atoms with E-state index in [9.17, 15) is 0 Å². The van der Waals surface area contributed by atoms with Gasteiger partial charge in [0.05, 0.1) is 5.69 Å². The summed E-state index contributed by atoms with van der Waals surface area (Å²) in [5.41, 5.74) is 3.75. The molecular weight excluding hydrogens is 304 g/mol. The average molecular weight is 321 g/mol. The normalized spacial score (nSPS) is 15.4. The Kier molecular flexibility index (Phi) is 3.99. The summed E-state index contributed by atoms with van der Waals surface area (Å²) in [6, 6.07) is 10.7. The third-order valence-corrected chi connectivity index (χ3v) is 4.21. The van der Waals surface area contributed by atoms with E-state index in [4.69, 9.17) is 4.52 Å². The number of fused-ring (bicyclic) bond motifs is 1. The molecule has 3 nitrogen and oxygen atoms in total. The van der Waals surface area contributed by atoms with Crippen LogP contribution in [0.2, 0.25) is 0 Å². The number of rotatable bonds is 4. The Bertz CT molecular complexity index is 525. The first kappa shape index (κ1) is 12.9. The molecule has 0 saturated heterocycles. The van der Waals surface area contributed by atoms with Gasteiger partial charge in [-0.05, 0) is 12.0 Å². The summed E-state index contributed by atoms with van der Waals surface area (Å²) in [6.45, 7) is 3.12. The summed E-state index contributed by atoms with van der Waals surface area (Å²) in [5, 5.41) is 4.90. The second-order valence-corrected chi connectivity index (χ2v) is 5.49. The number of nitrogens with zero attached hydrogens (tertiary/aromatic N) is 2. The van der Waals surface area contributed by atoms with Gasteiger partial charge in [-0.2, -0.15) is 0 Å². The molecule has 0 amide bonds. The van der Waals surface area contributed by atoms with E-state index in [0.717, 1.165) is 49.3 Å². The van der Waals surface area contributed by atoms with Gasteiger partial charge in [0.15, 0.2) is 0 Å².